The summed E-state index contributed by atoms with van der Waals surface area (Å²) in [5, 5.41) is 7.40. The lowest BCUT2D eigenvalue weighted by Crippen LogP contribution is -2.19. The third-order valence-corrected chi connectivity index (χ3v) is 4.28. The Balaban J connectivity index is 2.45. The number of aliphatic imine (C=N–C) groups is 1. The van der Waals surface area contributed by atoms with Crippen LogP contribution in [-0.4, -0.2) is 12.1 Å². The highest BCUT2D eigenvalue weighted by molar-refractivity contribution is 6.03. The number of allylic oxidation sites excluding steroid dienone is 2. The number of hydrogen-bond donors (Lipinski definition) is 3. The van der Waals surface area contributed by atoms with Crippen LogP contribution < -0.4 is 11.5 Å². The lowest BCUT2D eigenvalue weighted by molar-refractivity contribution is 0.679. The van der Waals surface area contributed by atoms with E-state index in [0.29, 0.717) is 17.1 Å². The minimum atomic E-state index is 0.543. The van der Waals surface area contributed by atoms with Gasteiger partial charge in [0.1, 0.15) is 5.84 Å². The summed E-state index contributed by atoms with van der Waals surface area (Å²) in [7, 11) is 0. The van der Waals surface area contributed by atoms with Crippen molar-refractivity contribution in [3.63, 3.8) is 0 Å². The van der Waals surface area contributed by atoms with Crippen molar-refractivity contribution in [1.29, 1.82) is 5.41 Å². The fourth-order valence-corrected chi connectivity index (χ4v) is 3.06. The van der Waals surface area contributed by atoms with Crippen LogP contribution in [0.2, 0.25) is 0 Å². The second-order valence-electron chi connectivity index (χ2n) is 6.30. The van der Waals surface area contributed by atoms with Crippen molar-refractivity contribution in [3.8, 4) is 0 Å². The van der Waals surface area contributed by atoms with Gasteiger partial charge in [-0.1, -0.05) is 11.1 Å². The van der Waals surface area contributed by atoms with Crippen molar-refractivity contribution in [1.82, 2.24) is 0 Å². The van der Waals surface area contributed by atoms with Crippen molar-refractivity contribution in [3.05, 3.63) is 46.1 Å². The number of nitrogens with one attached hydrogen (secondary N) is 1. The maximum absolute atomic E-state index is 7.40. The summed E-state index contributed by atoms with van der Waals surface area (Å²) < 4.78 is 0. The Bertz CT molecular complexity index is 704. The molecule has 0 saturated heterocycles. The summed E-state index contributed by atoms with van der Waals surface area (Å²) in [6.07, 6.45) is 5.90. The van der Waals surface area contributed by atoms with Gasteiger partial charge in [0.15, 0.2) is 0 Å². The van der Waals surface area contributed by atoms with Crippen LogP contribution in [0, 0.1) is 5.41 Å². The highest BCUT2D eigenvalue weighted by Crippen LogP contribution is 2.32. The molecule has 0 aliphatic heterocycles. The van der Waals surface area contributed by atoms with Crippen molar-refractivity contribution in [2.24, 2.45) is 10.7 Å². The summed E-state index contributed by atoms with van der Waals surface area (Å²) in [5.41, 5.74) is 19.2. The number of nitrogen functional groups attached to an aromatic ring is 1. The van der Waals surface area contributed by atoms with Gasteiger partial charge in [-0.3, -0.25) is 0 Å². The maximum Gasteiger partial charge on any atom is 0.131 e. The Morgan fingerprint density at radius 1 is 1.22 bits per heavy atom. The van der Waals surface area contributed by atoms with Gasteiger partial charge < -0.3 is 16.9 Å². The zero-order valence-corrected chi connectivity index (χ0v) is 14.2. The largest absolute Gasteiger partial charge is 0.398 e. The van der Waals surface area contributed by atoms with Gasteiger partial charge in [-0.15, -0.1) is 0 Å². The second kappa shape index (κ2) is 7.27. The first-order valence-electron chi connectivity index (χ1n) is 8.05. The molecule has 4 nitrogen and oxygen atoms in total. The van der Waals surface area contributed by atoms with E-state index in [2.05, 4.69) is 25.8 Å². The molecule has 0 aromatic heterocycles. The monoisotopic (exact) mass is 310 g/mol. The number of amidine groups is 1. The average Bonchev–Trinajstić information content (AvgIpc) is 2.51. The zero-order chi connectivity index (χ0) is 17.0. The van der Waals surface area contributed by atoms with E-state index in [-0.39, 0.29) is 0 Å². The van der Waals surface area contributed by atoms with E-state index in [1.165, 1.54) is 35.8 Å². The van der Waals surface area contributed by atoms with Crippen LogP contribution in [0.3, 0.4) is 0 Å². The fraction of sp³-hybridized carbons (Fsp3) is 0.368. The number of nitrogens with zero attached hydrogens (tertiary/aromatic N) is 1. The molecule has 0 amide bonds. The molecule has 0 saturated carbocycles. The molecule has 1 aromatic carbocycles. The third kappa shape index (κ3) is 3.89. The van der Waals surface area contributed by atoms with Crippen molar-refractivity contribution in [2.75, 3.05) is 5.73 Å². The molecule has 122 valence electrons. The Hall–Kier alpha value is -2.36. The molecule has 0 heterocycles. The summed E-state index contributed by atoms with van der Waals surface area (Å²) in [6, 6.07) is 5.39. The van der Waals surface area contributed by atoms with Crippen molar-refractivity contribution >= 4 is 23.4 Å². The molecule has 0 unspecified atom stereocenters. The first kappa shape index (κ1) is 17.0. The van der Waals surface area contributed by atoms with E-state index in [1.54, 1.807) is 12.1 Å². The summed E-state index contributed by atoms with van der Waals surface area (Å²) in [4.78, 5) is 4.58. The Morgan fingerprint density at radius 2 is 1.91 bits per heavy atom. The summed E-state index contributed by atoms with van der Waals surface area (Å²) in [5.74, 6) is 0.543. The average molecular weight is 310 g/mol. The zero-order valence-electron chi connectivity index (χ0n) is 14.2. The van der Waals surface area contributed by atoms with E-state index in [9.17, 15) is 0 Å². The molecule has 23 heavy (non-hydrogen) atoms. The van der Waals surface area contributed by atoms with Crippen LogP contribution in [0.5, 0.6) is 0 Å². The minimum absolute atomic E-state index is 0.543. The predicted octanol–water partition coefficient (Wildman–Crippen LogP) is 4.48. The number of anilines is 1. The minimum Gasteiger partial charge on any atom is -0.398 e. The third-order valence-electron chi connectivity index (χ3n) is 4.28. The van der Waals surface area contributed by atoms with Gasteiger partial charge in [-0.2, -0.15) is 0 Å². The normalized spacial score (nSPS) is 15.5. The molecule has 0 bridgehead atoms. The van der Waals surface area contributed by atoms with Gasteiger partial charge in [-0.05, 0) is 70.2 Å². The Morgan fingerprint density at radius 3 is 2.52 bits per heavy atom. The lowest BCUT2D eigenvalue weighted by atomic mass is 9.86. The molecule has 1 aromatic rings. The maximum atomic E-state index is 7.40. The predicted molar refractivity (Wildman–Crippen MR) is 99.6 cm³/mol. The van der Waals surface area contributed by atoms with Gasteiger partial charge >= 0.3 is 0 Å². The smallest absolute Gasteiger partial charge is 0.131 e. The Labute approximate surface area is 138 Å². The number of hydrogen-bond acceptors (Lipinski definition) is 3. The van der Waals surface area contributed by atoms with Crippen LogP contribution in [-0.2, 0) is 0 Å². The molecular weight excluding hydrogens is 284 g/mol. The van der Waals surface area contributed by atoms with Crippen LogP contribution in [0.1, 0.15) is 52.0 Å². The van der Waals surface area contributed by atoms with E-state index in [0.717, 1.165) is 24.1 Å². The highest BCUT2D eigenvalue weighted by Gasteiger charge is 2.17. The molecule has 0 atom stereocenters. The molecule has 1 aliphatic rings. The van der Waals surface area contributed by atoms with E-state index in [1.807, 2.05) is 6.07 Å². The topological polar surface area (TPSA) is 88.2 Å². The van der Waals surface area contributed by atoms with Gasteiger partial charge in [0.2, 0.25) is 0 Å². The van der Waals surface area contributed by atoms with Gasteiger partial charge in [0, 0.05) is 23.0 Å². The van der Waals surface area contributed by atoms with Gasteiger partial charge in [0.05, 0.1) is 5.69 Å². The SMILES string of the molecule is CC(C)=C(C(N)=Nc1ccc(N)c(C=N)c1)C1=C(C)CCCC1. The molecule has 0 spiro atoms. The standard InChI is InChI=1S/C19H26N4/c1-12(2)18(16-7-5-4-6-13(16)3)19(22)23-15-8-9-17(21)14(10-15)11-20/h8-11,20H,4-7,21H2,1-3H3,(H2,22,23). The quantitative estimate of drug-likeness (QED) is 0.435. The van der Waals surface area contributed by atoms with E-state index < -0.39 is 0 Å². The first-order chi connectivity index (χ1) is 10.9. The number of nitrogens with two attached hydrogens (primary N) is 2. The molecule has 1 aliphatic carbocycles. The molecule has 5 N–H and O–H groups in total. The lowest BCUT2D eigenvalue weighted by Gasteiger charge is -2.21. The second-order valence-corrected chi connectivity index (χ2v) is 6.30. The number of benzene rings is 1. The molecule has 0 radical (unpaired) electrons. The fourth-order valence-electron chi connectivity index (χ4n) is 3.06. The molecule has 4 heteroatoms. The van der Waals surface area contributed by atoms with Crippen molar-refractivity contribution in [2.45, 2.75) is 46.5 Å². The van der Waals surface area contributed by atoms with Crippen molar-refractivity contribution < 1.29 is 0 Å². The molecule has 0 fully saturated rings. The highest BCUT2D eigenvalue weighted by atomic mass is 14.9. The van der Waals surface area contributed by atoms with Crippen LogP contribution >= 0.6 is 0 Å². The summed E-state index contributed by atoms with van der Waals surface area (Å²) in [6.45, 7) is 6.36. The molecule has 2 rings (SSSR count). The van der Waals surface area contributed by atoms with Gasteiger partial charge in [-0.25, -0.2) is 4.99 Å². The van der Waals surface area contributed by atoms with Crippen LogP contribution in [0.15, 0.2) is 45.5 Å². The molecular formula is C19H26N4. The van der Waals surface area contributed by atoms with E-state index >= 15 is 0 Å². The number of rotatable bonds is 4. The van der Waals surface area contributed by atoms with Crippen LogP contribution in [0.4, 0.5) is 11.4 Å². The Kier molecular flexibility index (Phi) is 5.37. The van der Waals surface area contributed by atoms with E-state index in [4.69, 9.17) is 16.9 Å². The van der Waals surface area contributed by atoms with Crippen LogP contribution in [0.25, 0.3) is 0 Å². The summed E-state index contributed by atoms with van der Waals surface area (Å²) >= 11 is 0. The first-order valence-corrected chi connectivity index (χ1v) is 8.05. The van der Waals surface area contributed by atoms with Gasteiger partial charge in [0.25, 0.3) is 0 Å².